The van der Waals surface area contributed by atoms with Crippen LogP contribution >= 0.6 is 0 Å². The highest BCUT2D eigenvalue weighted by Crippen LogP contribution is 2.02. The van der Waals surface area contributed by atoms with Gasteiger partial charge < -0.3 is 5.21 Å². The minimum atomic E-state index is -0.270. The maximum absolute atomic E-state index is 12.5. The first kappa shape index (κ1) is 7.72. The van der Waals surface area contributed by atoms with Crippen LogP contribution in [0, 0.1) is 5.82 Å². The van der Waals surface area contributed by atoms with Crippen molar-refractivity contribution in [1.82, 2.24) is 0 Å². The maximum atomic E-state index is 12.5. The highest BCUT2D eigenvalue weighted by atomic mass is 19.1. The van der Waals surface area contributed by atoms with Crippen molar-refractivity contribution in [1.29, 1.82) is 0 Å². The van der Waals surface area contributed by atoms with E-state index in [4.69, 9.17) is 5.21 Å². The first-order valence-electron chi connectivity index (χ1n) is 3.23. The highest BCUT2D eigenvalue weighted by Gasteiger charge is 1.91. The highest BCUT2D eigenvalue weighted by molar-refractivity contribution is 5.60. The zero-order valence-corrected chi connectivity index (χ0v) is 5.87. The largest absolute Gasteiger partial charge is 0.411 e. The summed E-state index contributed by atoms with van der Waals surface area (Å²) in [7, 11) is 0. The van der Waals surface area contributed by atoms with Gasteiger partial charge in [-0.15, -0.1) is 5.16 Å². The topological polar surface area (TPSA) is 32.6 Å². The third-order valence-corrected chi connectivity index (χ3v) is 1.30. The first-order valence-corrected chi connectivity index (χ1v) is 3.23. The molecule has 0 saturated carbocycles. The van der Waals surface area contributed by atoms with E-state index in [1.807, 2.05) is 0 Å². The second-order valence-corrected chi connectivity index (χ2v) is 2.13. The van der Waals surface area contributed by atoms with Crippen molar-refractivity contribution >= 4 is 6.21 Å². The third-order valence-electron chi connectivity index (χ3n) is 1.30. The molecule has 1 aromatic rings. The Morgan fingerprint density at radius 2 is 2.36 bits per heavy atom. The van der Waals surface area contributed by atoms with Gasteiger partial charge in [0.1, 0.15) is 5.82 Å². The van der Waals surface area contributed by atoms with E-state index in [2.05, 4.69) is 5.16 Å². The molecule has 0 aliphatic rings. The van der Waals surface area contributed by atoms with Gasteiger partial charge in [0.15, 0.2) is 0 Å². The molecule has 0 radical (unpaired) electrons. The normalized spacial score (nSPS) is 10.6. The van der Waals surface area contributed by atoms with Crippen LogP contribution in [0.5, 0.6) is 0 Å². The Labute approximate surface area is 64.0 Å². The third kappa shape index (κ3) is 2.37. The Morgan fingerprint density at radius 3 is 3.00 bits per heavy atom. The second-order valence-electron chi connectivity index (χ2n) is 2.13. The molecular formula is C8H8FNO. The van der Waals surface area contributed by atoms with Gasteiger partial charge in [-0.05, 0) is 17.7 Å². The van der Waals surface area contributed by atoms with Crippen LogP contribution < -0.4 is 0 Å². The first-order chi connectivity index (χ1) is 5.33. The Morgan fingerprint density at radius 1 is 1.55 bits per heavy atom. The van der Waals surface area contributed by atoms with Gasteiger partial charge in [0, 0.05) is 12.6 Å². The van der Waals surface area contributed by atoms with Crippen molar-refractivity contribution in [2.24, 2.45) is 5.16 Å². The van der Waals surface area contributed by atoms with Crippen molar-refractivity contribution in [2.75, 3.05) is 0 Å². The lowest BCUT2D eigenvalue weighted by Crippen LogP contribution is -1.86. The monoisotopic (exact) mass is 153 g/mol. The molecule has 0 aromatic heterocycles. The summed E-state index contributed by atoms with van der Waals surface area (Å²) >= 11 is 0. The van der Waals surface area contributed by atoms with Gasteiger partial charge in [-0.25, -0.2) is 4.39 Å². The van der Waals surface area contributed by atoms with E-state index in [1.54, 1.807) is 12.1 Å². The molecule has 1 N–H and O–H groups in total. The Kier molecular flexibility index (Phi) is 2.60. The molecule has 0 spiro atoms. The molecular weight excluding hydrogens is 145 g/mol. The van der Waals surface area contributed by atoms with E-state index < -0.39 is 0 Å². The Hall–Kier alpha value is -1.38. The fourth-order valence-electron chi connectivity index (χ4n) is 0.810. The molecule has 0 aliphatic heterocycles. The minimum Gasteiger partial charge on any atom is -0.411 e. The smallest absolute Gasteiger partial charge is 0.123 e. The Bertz CT molecular complexity index is 260. The second kappa shape index (κ2) is 3.71. The van der Waals surface area contributed by atoms with Gasteiger partial charge in [-0.2, -0.15) is 0 Å². The van der Waals surface area contributed by atoms with Crippen molar-refractivity contribution in [3.05, 3.63) is 35.6 Å². The number of benzene rings is 1. The SMILES string of the molecule is ON=CCc1cccc(F)c1. The number of hydrogen-bond acceptors (Lipinski definition) is 2. The fraction of sp³-hybridized carbons (Fsp3) is 0.125. The molecule has 0 amide bonds. The predicted molar refractivity (Wildman–Crippen MR) is 40.4 cm³/mol. The average molecular weight is 153 g/mol. The summed E-state index contributed by atoms with van der Waals surface area (Å²) in [5.41, 5.74) is 0.794. The van der Waals surface area contributed by atoms with Gasteiger partial charge in [0.25, 0.3) is 0 Å². The molecule has 1 rings (SSSR count). The summed E-state index contributed by atoms with van der Waals surface area (Å²) in [6.45, 7) is 0. The number of rotatable bonds is 2. The van der Waals surface area contributed by atoms with Crippen LogP contribution in [0.2, 0.25) is 0 Å². The summed E-state index contributed by atoms with van der Waals surface area (Å²) in [5, 5.41) is 10.9. The van der Waals surface area contributed by atoms with Crippen molar-refractivity contribution < 1.29 is 9.60 Å². The van der Waals surface area contributed by atoms with Crippen molar-refractivity contribution in [3.63, 3.8) is 0 Å². The Balaban J connectivity index is 2.71. The fourth-order valence-corrected chi connectivity index (χ4v) is 0.810. The molecule has 1 aromatic carbocycles. The molecule has 3 heteroatoms. The van der Waals surface area contributed by atoms with Gasteiger partial charge in [0.05, 0.1) is 0 Å². The maximum Gasteiger partial charge on any atom is 0.123 e. The number of oxime groups is 1. The van der Waals surface area contributed by atoms with Gasteiger partial charge in [0.2, 0.25) is 0 Å². The van der Waals surface area contributed by atoms with Crippen LogP contribution in [-0.2, 0) is 6.42 Å². The van der Waals surface area contributed by atoms with E-state index in [-0.39, 0.29) is 5.82 Å². The lowest BCUT2D eigenvalue weighted by molar-refractivity contribution is 0.321. The minimum absolute atomic E-state index is 0.270. The number of nitrogens with zero attached hydrogens (tertiary/aromatic N) is 1. The van der Waals surface area contributed by atoms with Crippen LogP contribution in [0.4, 0.5) is 4.39 Å². The molecule has 0 heterocycles. The molecule has 0 aliphatic carbocycles. The van der Waals surface area contributed by atoms with Crippen LogP contribution in [-0.4, -0.2) is 11.4 Å². The molecule has 0 fully saturated rings. The number of halogens is 1. The van der Waals surface area contributed by atoms with E-state index in [0.29, 0.717) is 6.42 Å². The summed E-state index contributed by atoms with van der Waals surface area (Å²) in [5.74, 6) is -0.270. The predicted octanol–water partition coefficient (Wildman–Crippen LogP) is 1.83. The zero-order chi connectivity index (χ0) is 8.10. The molecule has 0 bridgehead atoms. The van der Waals surface area contributed by atoms with Crippen LogP contribution in [0.1, 0.15) is 5.56 Å². The summed E-state index contributed by atoms with van der Waals surface area (Å²) in [4.78, 5) is 0. The summed E-state index contributed by atoms with van der Waals surface area (Å²) in [6.07, 6.45) is 1.77. The van der Waals surface area contributed by atoms with E-state index in [1.165, 1.54) is 18.3 Å². The van der Waals surface area contributed by atoms with Crippen molar-refractivity contribution in [2.45, 2.75) is 6.42 Å². The van der Waals surface area contributed by atoms with Gasteiger partial charge in [-0.3, -0.25) is 0 Å². The molecule has 0 unspecified atom stereocenters. The van der Waals surface area contributed by atoms with E-state index in [0.717, 1.165) is 5.56 Å². The van der Waals surface area contributed by atoms with Gasteiger partial charge >= 0.3 is 0 Å². The van der Waals surface area contributed by atoms with Gasteiger partial charge in [-0.1, -0.05) is 12.1 Å². The quantitative estimate of drug-likeness (QED) is 0.392. The summed E-state index contributed by atoms with van der Waals surface area (Å²) in [6, 6.07) is 6.17. The van der Waals surface area contributed by atoms with Crippen LogP contribution in [0.15, 0.2) is 29.4 Å². The standard InChI is InChI=1S/C8H8FNO/c9-8-3-1-2-7(6-8)4-5-10-11/h1-3,5-6,11H,4H2. The molecule has 0 saturated heterocycles. The number of hydrogen-bond donors (Lipinski definition) is 1. The molecule has 2 nitrogen and oxygen atoms in total. The lowest BCUT2D eigenvalue weighted by Gasteiger charge is -1.93. The lowest BCUT2D eigenvalue weighted by atomic mass is 10.2. The average Bonchev–Trinajstić information content (AvgIpc) is 2.01. The van der Waals surface area contributed by atoms with Crippen LogP contribution in [0.3, 0.4) is 0 Å². The molecule has 11 heavy (non-hydrogen) atoms. The zero-order valence-electron chi connectivity index (χ0n) is 5.87. The van der Waals surface area contributed by atoms with E-state index >= 15 is 0 Å². The summed E-state index contributed by atoms with van der Waals surface area (Å²) < 4.78 is 12.5. The molecule has 0 atom stereocenters. The van der Waals surface area contributed by atoms with E-state index in [9.17, 15) is 4.39 Å². The molecule has 58 valence electrons. The van der Waals surface area contributed by atoms with Crippen LogP contribution in [0.25, 0.3) is 0 Å². The van der Waals surface area contributed by atoms with Crippen molar-refractivity contribution in [3.8, 4) is 0 Å².